The van der Waals surface area contributed by atoms with Crippen LogP contribution in [0.3, 0.4) is 0 Å². The van der Waals surface area contributed by atoms with Crippen LogP contribution in [0.5, 0.6) is 5.75 Å². The molecular formula is C16H25NO. The fourth-order valence-corrected chi connectivity index (χ4v) is 2.70. The third kappa shape index (κ3) is 3.66. The highest BCUT2D eigenvalue weighted by Crippen LogP contribution is 2.25. The summed E-state index contributed by atoms with van der Waals surface area (Å²) in [7, 11) is 0. The molecule has 1 aromatic rings. The van der Waals surface area contributed by atoms with Crippen LogP contribution >= 0.6 is 0 Å². The standard InChI is InChI=1S/C16H25NO/c1-3-18-15-10-11-16(13(2)12-15)17-14-8-6-4-5-7-9-14/h10-12,14,17H,3-9H2,1-2H3. The zero-order valence-corrected chi connectivity index (χ0v) is 11.7. The van der Waals surface area contributed by atoms with E-state index in [4.69, 9.17) is 4.74 Å². The molecule has 1 N–H and O–H groups in total. The minimum Gasteiger partial charge on any atom is -0.494 e. The van der Waals surface area contributed by atoms with Crippen molar-refractivity contribution in [3.63, 3.8) is 0 Å². The Kier molecular flexibility index (Phi) is 4.91. The van der Waals surface area contributed by atoms with Gasteiger partial charge in [0.05, 0.1) is 6.61 Å². The molecular weight excluding hydrogens is 222 g/mol. The molecule has 0 amide bonds. The van der Waals surface area contributed by atoms with Crippen LogP contribution in [0.25, 0.3) is 0 Å². The van der Waals surface area contributed by atoms with Crippen molar-refractivity contribution in [2.75, 3.05) is 11.9 Å². The van der Waals surface area contributed by atoms with Gasteiger partial charge in [0.25, 0.3) is 0 Å². The molecule has 0 aliphatic heterocycles. The van der Waals surface area contributed by atoms with E-state index in [1.165, 1.54) is 49.8 Å². The Balaban J connectivity index is 1.99. The summed E-state index contributed by atoms with van der Waals surface area (Å²) in [4.78, 5) is 0. The molecule has 2 nitrogen and oxygen atoms in total. The molecule has 1 aliphatic rings. The third-order valence-electron chi connectivity index (χ3n) is 3.72. The summed E-state index contributed by atoms with van der Waals surface area (Å²) in [6.07, 6.45) is 8.17. The van der Waals surface area contributed by atoms with E-state index in [0.29, 0.717) is 6.04 Å². The molecule has 0 bridgehead atoms. The van der Waals surface area contributed by atoms with E-state index in [2.05, 4.69) is 30.4 Å². The summed E-state index contributed by atoms with van der Waals surface area (Å²) in [5.74, 6) is 0.974. The molecule has 0 atom stereocenters. The highest BCUT2D eigenvalue weighted by atomic mass is 16.5. The first-order valence-electron chi connectivity index (χ1n) is 7.29. The lowest BCUT2D eigenvalue weighted by Gasteiger charge is -2.19. The number of nitrogens with one attached hydrogen (secondary N) is 1. The highest BCUT2D eigenvalue weighted by Gasteiger charge is 2.12. The van der Waals surface area contributed by atoms with Crippen LogP contribution in [-0.4, -0.2) is 12.6 Å². The molecule has 0 spiro atoms. The zero-order chi connectivity index (χ0) is 12.8. The van der Waals surface area contributed by atoms with Crippen LogP contribution in [0.4, 0.5) is 5.69 Å². The van der Waals surface area contributed by atoms with Gasteiger partial charge in [0.1, 0.15) is 5.75 Å². The van der Waals surface area contributed by atoms with Crippen molar-refractivity contribution in [2.24, 2.45) is 0 Å². The summed E-state index contributed by atoms with van der Waals surface area (Å²) < 4.78 is 5.52. The molecule has 0 radical (unpaired) electrons. The van der Waals surface area contributed by atoms with Gasteiger partial charge in [-0.25, -0.2) is 0 Å². The van der Waals surface area contributed by atoms with Crippen LogP contribution < -0.4 is 10.1 Å². The summed E-state index contributed by atoms with van der Waals surface area (Å²) in [5, 5.41) is 3.70. The van der Waals surface area contributed by atoms with E-state index >= 15 is 0 Å². The van der Waals surface area contributed by atoms with Gasteiger partial charge >= 0.3 is 0 Å². The molecule has 2 rings (SSSR count). The van der Waals surface area contributed by atoms with Gasteiger partial charge in [-0.2, -0.15) is 0 Å². The molecule has 1 fully saturated rings. The molecule has 0 saturated heterocycles. The first-order valence-corrected chi connectivity index (χ1v) is 7.29. The topological polar surface area (TPSA) is 21.3 Å². The maximum Gasteiger partial charge on any atom is 0.119 e. The maximum atomic E-state index is 5.52. The average Bonchev–Trinajstić information content (AvgIpc) is 2.62. The van der Waals surface area contributed by atoms with Crippen molar-refractivity contribution in [3.8, 4) is 5.75 Å². The van der Waals surface area contributed by atoms with Crippen LogP contribution in [-0.2, 0) is 0 Å². The van der Waals surface area contributed by atoms with Gasteiger partial charge in [-0.1, -0.05) is 25.7 Å². The van der Waals surface area contributed by atoms with Crippen LogP contribution in [0.15, 0.2) is 18.2 Å². The Morgan fingerprint density at radius 1 is 1.17 bits per heavy atom. The summed E-state index contributed by atoms with van der Waals surface area (Å²) in [6.45, 7) is 4.91. The Morgan fingerprint density at radius 3 is 2.50 bits per heavy atom. The molecule has 0 unspecified atom stereocenters. The Morgan fingerprint density at radius 2 is 1.89 bits per heavy atom. The van der Waals surface area contributed by atoms with E-state index in [1.807, 2.05) is 6.92 Å². The molecule has 1 saturated carbocycles. The average molecular weight is 247 g/mol. The number of ether oxygens (including phenoxy) is 1. The predicted molar refractivity (Wildman–Crippen MR) is 77.5 cm³/mol. The van der Waals surface area contributed by atoms with Crippen LogP contribution in [0, 0.1) is 6.92 Å². The van der Waals surface area contributed by atoms with Gasteiger partial charge in [0.15, 0.2) is 0 Å². The molecule has 100 valence electrons. The summed E-state index contributed by atoms with van der Waals surface area (Å²) >= 11 is 0. The molecule has 1 aromatic carbocycles. The van der Waals surface area contributed by atoms with Crippen molar-refractivity contribution in [1.29, 1.82) is 0 Å². The van der Waals surface area contributed by atoms with E-state index in [1.54, 1.807) is 0 Å². The van der Waals surface area contributed by atoms with Gasteiger partial charge in [0, 0.05) is 11.7 Å². The number of anilines is 1. The fourth-order valence-electron chi connectivity index (χ4n) is 2.70. The first kappa shape index (κ1) is 13.3. The smallest absolute Gasteiger partial charge is 0.119 e. The lowest BCUT2D eigenvalue weighted by molar-refractivity contribution is 0.340. The molecule has 0 aromatic heterocycles. The minimum atomic E-state index is 0.657. The summed E-state index contributed by atoms with van der Waals surface area (Å²) in [6, 6.07) is 7.01. The summed E-state index contributed by atoms with van der Waals surface area (Å²) in [5.41, 5.74) is 2.55. The van der Waals surface area contributed by atoms with E-state index in [9.17, 15) is 0 Å². The molecule has 2 heteroatoms. The number of hydrogen-bond acceptors (Lipinski definition) is 2. The lowest BCUT2D eigenvalue weighted by atomic mass is 10.1. The third-order valence-corrected chi connectivity index (χ3v) is 3.72. The van der Waals surface area contributed by atoms with Gasteiger partial charge in [-0.3, -0.25) is 0 Å². The molecule has 0 heterocycles. The van der Waals surface area contributed by atoms with Crippen molar-refractivity contribution in [2.45, 2.75) is 58.4 Å². The van der Waals surface area contributed by atoms with Crippen molar-refractivity contribution in [3.05, 3.63) is 23.8 Å². The van der Waals surface area contributed by atoms with Crippen molar-refractivity contribution >= 4 is 5.69 Å². The molecule has 1 aliphatic carbocycles. The van der Waals surface area contributed by atoms with E-state index in [-0.39, 0.29) is 0 Å². The highest BCUT2D eigenvalue weighted by molar-refractivity contribution is 5.54. The number of rotatable bonds is 4. The number of aryl methyl sites for hydroxylation is 1. The van der Waals surface area contributed by atoms with Crippen molar-refractivity contribution in [1.82, 2.24) is 0 Å². The Bertz CT molecular complexity index is 367. The normalized spacial score (nSPS) is 17.2. The second-order valence-corrected chi connectivity index (χ2v) is 5.24. The number of hydrogen-bond donors (Lipinski definition) is 1. The zero-order valence-electron chi connectivity index (χ0n) is 11.7. The second kappa shape index (κ2) is 6.67. The lowest BCUT2D eigenvalue weighted by Crippen LogP contribution is -2.18. The second-order valence-electron chi connectivity index (χ2n) is 5.24. The largest absolute Gasteiger partial charge is 0.494 e. The van der Waals surface area contributed by atoms with Gasteiger partial charge in [0.2, 0.25) is 0 Å². The van der Waals surface area contributed by atoms with Gasteiger partial charge < -0.3 is 10.1 Å². The monoisotopic (exact) mass is 247 g/mol. The Labute approximate surface area is 111 Å². The Hall–Kier alpha value is -1.18. The van der Waals surface area contributed by atoms with E-state index < -0.39 is 0 Å². The first-order chi connectivity index (χ1) is 8.79. The van der Waals surface area contributed by atoms with Crippen molar-refractivity contribution < 1.29 is 4.74 Å². The van der Waals surface area contributed by atoms with Gasteiger partial charge in [-0.15, -0.1) is 0 Å². The SMILES string of the molecule is CCOc1ccc(NC2CCCCCC2)c(C)c1. The van der Waals surface area contributed by atoms with Crippen LogP contribution in [0.1, 0.15) is 51.0 Å². The van der Waals surface area contributed by atoms with Crippen LogP contribution in [0.2, 0.25) is 0 Å². The quantitative estimate of drug-likeness (QED) is 0.789. The number of benzene rings is 1. The van der Waals surface area contributed by atoms with Gasteiger partial charge in [-0.05, 0) is 50.5 Å². The molecule has 18 heavy (non-hydrogen) atoms. The van der Waals surface area contributed by atoms with E-state index in [0.717, 1.165) is 12.4 Å². The predicted octanol–water partition coefficient (Wildman–Crippen LogP) is 4.53. The fraction of sp³-hybridized carbons (Fsp3) is 0.625. The maximum absolute atomic E-state index is 5.52. The minimum absolute atomic E-state index is 0.657.